The number of ether oxygens (including phenoxy) is 1. The molecule has 2 N–H and O–H groups in total. The van der Waals surface area contributed by atoms with E-state index in [4.69, 9.17) is 4.74 Å². The SMILES string of the molecule is Cc1[nH]cnc1CNC1CCCN(C(=O)OC(C)(C)C)CC1. The average Bonchev–Trinajstić information content (AvgIpc) is 2.69. The van der Waals surface area contributed by atoms with E-state index in [1.54, 1.807) is 6.33 Å². The van der Waals surface area contributed by atoms with Gasteiger partial charge in [0.25, 0.3) is 0 Å². The summed E-state index contributed by atoms with van der Waals surface area (Å²) in [5.74, 6) is 0. The monoisotopic (exact) mass is 308 g/mol. The van der Waals surface area contributed by atoms with E-state index in [-0.39, 0.29) is 6.09 Å². The summed E-state index contributed by atoms with van der Waals surface area (Å²) in [4.78, 5) is 21.4. The zero-order chi connectivity index (χ0) is 16.2. The lowest BCUT2D eigenvalue weighted by Gasteiger charge is -2.26. The smallest absolute Gasteiger partial charge is 0.410 e. The average molecular weight is 308 g/mol. The number of likely N-dealkylation sites (tertiary alicyclic amines) is 1. The van der Waals surface area contributed by atoms with Gasteiger partial charge in [-0.1, -0.05) is 0 Å². The molecule has 0 bridgehead atoms. The van der Waals surface area contributed by atoms with Crippen LogP contribution in [0.1, 0.15) is 51.4 Å². The van der Waals surface area contributed by atoms with Crippen LogP contribution >= 0.6 is 0 Å². The summed E-state index contributed by atoms with van der Waals surface area (Å²) in [6.45, 7) is 10.0. The minimum Gasteiger partial charge on any atom is -0.444 e. The Kier molecular flexibility index (Phi) is 5.45. The maximum atomic E-state index is 12.1. The van der Waals surface area contributed by atoms with Crippen molar-refractivity contribution in [2.24, 2.45) is 0 Å². The van der Waals surface area contributed by atoms with E-state index in [1.165, 1.54) is 0 Å². The summed E-state index contributed by atoms with van der Waals surface area (Å²) >= 11 is 0. The van der Waals surface area contributed by atoms with Crippen molar-refractivity contribution in [2.45, 2.75) is 65.1 Å². The molecule has 1 aromatic heterocycles. The van der Waals surface area contributed by atoms with E-state index in [2.05, 4.69) is 15.3 Å². The highest BCUT2D eigenvalue weighted by Crippen LogP contribution is 2.16. The molecule has 1 saturated heterocycles. The number of H-pyrrole nitrogens is 1. The van der Waals surface area contributed by atoms with Crippen LogP contribution in [0.3, 0.4) is 0 Å². The molecule has 6 heteroatoms. The number of carbonyl (C=O) groups is 1. The number of rotatable bonds is 3. The Hall–Kier alpha value is -1.56. The third-order valence-corrected chi connectivity index (χ3v) is 3.87. The minimum absolute atomic E-state index is 0.198. The topological polar surface area (TPSA) is 70.2 Å². The molecule has 0 aromatic carbocycles. The quantitative estimate of drug-likeness (QED) is 0.900. The molecule has 1 unspecified atom stereocenters. The first-order valence-electron chi connectivity index (χ1n) is 8.05. The number of nitrogens with zero attached hydrogens (tertiary/aromatic N) is 2. The molecule has 2 rings (SSSR count). The molecule has 124 valence electrons. The van der Waals surface area contributed by atoms with Crippen molar-refractivity contribution in [3.05, 3.63) is 17.7 Å². The van der Waals surface area contributed by atoms with Gasteiger partial charge in [0.05, 0.1) is 12.0 Å². The lowest BCUT2D eigenvalue weighted by molar-refractivity contribution is 0.0256. The summed E-state index contributed by atoms with van der Waals surface area (Å²) in [6.07, 6.45) is 4.54. The lowest BCUT2D eigenvalue weighted by Crippen LogP contribution is -2.38. The van der Waals surface area contributed by atoms with Crippen LogP contribution in [0.25, 0.3) is 0 Å². The number of nitrogens with one attached hydrogen (secondary N) is 2. The molecule has 1 aliphatic heterocycles. The second-order valence-corrected chi connectivity index (χ2v) is 6.95. The fraction of sp³-hybridized carbons (Fsp3) is 0.750. The second kappa shape index (κ2) is 7.13. The predicted octanol–water partition coefficient (Wildman–Crippen LogP) is 2.60. The molecule has 1 aromatic rings. The number of hydrogen-bond donors (Lipinski definition) is 2. The van der Waals surface area contributed by atoms with Gasteiger partial charge in [-0.2, -0.15) is 0 Å². The van der Waals surface area contributed by atoms with Gasteiger partial charge in [0.15, 0.2) is 0 Å². The van der Waals surface area contributed by atoms with Crippen molar-refractivity contribution in [3.63, 3.8) is 0 Å². The highest BCUT2D eigenvalue weighted by atomic mass is 16.6. The molecule has 1 atom stereocenters. The zero-order valence-electron chi connectivity index (χ0n) is 14.1. The Bertz CT molecular complexity index is 493. The molecule has 1 aliphatic rings. The first-order valence-corrected chi connectivity index (χ1v) is 8.05. The van der Waals surface area contributed by atoms with Crippen LogP contribution in [0.15, 0.2) is 6.33 Å². The van der Waals surface area contributed by atoms with Crippen LogP contribution in [0.5, 0.6) is 0 Å². The third kappa shape index (κ3) is 5.02. The molecular formula is C16H28N4O2. The van der Waals surface area contributed by atoms with Crippen LogP contribution < -0.4 is 5.32 Å². The molecule has 2 heterocycles. The van der Waals surface area contributed by atoms with Crippen molar-refractivity contribution in [3.8, 4) is 0 Å². The summed E-state index contributed by atoms with van der Waals surface area (Å²) in [7, 11) is 0. The van der Waals surface area contributed by atoms with Crippen LogP contribution in [0.4, 0.5) is 4.79 Å². The van der Waals surface area contributed by atoms with Crippen molar-refractivity contribution < 1.29 is 9.53 Å². The fourth-order valence-corrected chi connectivity index (χ4v) is 2.62. The van der Waals surface area contributed by atoms with E-state index in [9.17, 15) is 4.79 Å². The van der Waals surface area contributed by atoms with Gasteiger partial charge in [-0.15, -0.1) is 0 Å². The van der Waals surface area contributed by atoms with Crippen LogP contribution in [0.2, 0.25) is 0 Å². The first kappa shape index (κ1) is 16.8. The van der Waals surface area contributed by atoms with Crippen molar-refractivity contribution >= 4 is 6.09 Å². The van der Waals surface area contributed by atoms with E-state index < -0.39 is 5.60 Å². The van der Waals surface area contributed by atoms with Crippen molar-refractivity contribution in [1.82, 2.24) is 20.2 Å². The number of aromatic nitrogens is 2. The number of aromatic amines is 1. The maximum Gasteiger partial charge on any atom is 0.410 e. The summed E-state index contributed by atoms with van der Waals surface area (Å²) in [5.41, 5.74) is 1.74. The van der Waals surface area contributed by atoms with Crippen molar-refractivity contribution in [1.29, 1.82) is 0 Å². The van der Waals surface area contributed by atoms with Gasteiger partial charge in [0, 0.05) is 31.4 Å². The van der Waals surface area contributed by atoms with E-state index in [1.807, 2.05) is 32.6 Å². The van der Waals surface area contributed by atoms with Gasteiger partial charge in [0.2, 0.25) is 0 Å². The highest BCUT2D eigenvalue weighted by Gasteiger charge is 2.25. The molecule has 0 spiro atoms. The molecular weight excluding hydrogens is 280 g/mol. The molecule has 1 amide bonds. The van der Waals surface area contributed by atoms with Gasteiger partial charge >= 0.3 is 6.09 Å². The second-order valence-electron chi connectivity index (χ2n) is 6.95. The number of carbonyl (C=O) groups excluding carboxylic acids is 1. The van der Waals surface area contributed by atoms with E-state index in [0.29, 0.717) is 6.04 Å². The minimum atomic E-state index is -0.432. The molecule has 0 aliphatic carbocycles. The van der Waals surface area contributed by atoms with E-state index in [0.717, 1.165) is 50.3 Å². The summed E-state index contributed by atoms with van der Waals surface area (Å²) in [5, 5.41) is 3.55. The number of hydrogen-bond acceptors (Lipinski definition) is 4. The van der Waals surface area contributed by atoms with Crippen molar-refractivity contribution in [2.75, 3.05) is 13.1 Å². The number of aryl methyl sites for hydroxylation is 1. The molecule has 1 fully saturated rings. The third-order valence-electron chi connectivity index (χ3n) is 3.87. The van der Waals surface area contributed by atoms with Gasteiger partial charge < -0.3 is 19.9 Å². The van der Waals surface area contributed by atoms with Crippen LogP contribution in [-0.2, 0) is 11.3 Å². The Balaban J connectivity index is 1.80. The highest BCUT2D eigenvalue weighted by molar-refractivity contribution is 5.68. The molecule has 6 nitrogen and oxygen atoms in total. The zero-order valence-corrected chi connectivity index (χ0v) is 14.1. The standard InChI is InChI=1S/C16H28N4O2/c1-12-14(19-11-18-12)10-17-13-6-5-8-20(9-7-13)15(21)22-16(2,3)4/h11,13,17H,5-10H2,1-4H3,(H,18,19). The first-order chi connectivity index (χ1) is 10.3. The summed E-state index contributed by atoms with van der Waals surface area (Å²) in [6, 6.07) is 0.420. The Morgan fingerprint density at radius 2 is 2.23 bits per heavy atom. The summed E-state index contributed by atoms with van der Waals surface area (Å²) < 4.78 is 5.46. The van der Waals surface area contributed by atoms with Gasteiger partial charge in [-0.25, -0.2) is 9.78 Å². The Morgan fingerprint density at radius 1 is 1.45 bits per heavy atom. The largest absolute Gasteiger partial charge is 0.444 e. The fourth-order valence-electron chi connectivity index (χ4n) is 2.62. The molecule has 0 saturated carbocycles. The normalized spacial score (nSPS) is 19.8. The van der Waals surface area contributed by atoms with Gasteiger partial charge in [-0.3, -0.25) is 0 Å². The Labute approximate surface area is 132 Å². The number of amides is 1. The predicted molar refractivity (Wildman–Crippen MR) is 85.6 cm³/mol. The maximum absolute atomic E-state index is 12.1. The van der Waals surface area contributed by atoms with Crippen LogP contribution in [-0.4, -0.2) is 45.7 Å². The molecule has 0 radical (unpaired) electrons. The van der Waals surface area contributed by atoms with Gasteiger partial charge in [0.1, 0.15) is 5.60 Å². The number of imidazole rings is 1. The molecule has 22 heavy (non-hydrogen) atoms. The lowest BCUT2D eigenvalue weighted by atomic mass is 10.1. The Morgan fingerprint density at radius 3 is 2.86 bits per heavy atom. The van der Waals surface area contributed by atoms with E-state index >= 15 is 0 Å². The van der Waals surface area contributed by atoms with Gasteiger partial charge in [-0.05, 0) is 47.0 Å². The van der Waals surface area contributed by atoms with Crippen LogP contribution in [0, 0.1) is 6.92 Å².